The van der Waals surface area contributed by atoms with Gasteiger partial charge in [0.1, 0.15) is 24.4 Å². The number of allylic oxidation sites excluding steroid dienone is 21. The van der Waals surface area contributed by atoms with Crippen molar-refractivity contribution in [1.82, 2.24) is 5.32 Å². The Labute approximate surface area is 458 Å². The normalized spacial score (nSPS) is 19.9. The standard InChI is InChI=1S/C66H109NO8/c1-3-5-7-9-11-13-15-17-19-20-21-22-23-24-25-26-27-28-29-30-31-32-33-34-35-36-37-38-39-40-42-44-46-48-50-52-54-56-62(70)67-59(58-74-66-65(73)64(72)63(71)61(57-68)75-66)60(69)55-53-51-49-47-45-43-41-18-16-14-12-10-8-6-4-2/h5,7,11,13,16-19,21-22,24-25,27-28,30-31,33-34,45,47,53,55,59-61,63-66,68-69,71-73H,3-4,6,8-10,12,14-15,20,23,26,29,32,35-44,46,48-52,54,56-58H2,1-2H3,(H,67,70)/b7-5-,13-11-,18-16+,19-17-,22-21-,25-24-,28-27-,31-30-,34-33-,47-45+,55-53+. The van der Waals surface area contributed by atoms with Crippen LogP contribution in [0.4, 0.5) is 0 Å². The van der Waals surface area contributed by atoms with Gasteiger partial charge in [0.2, 0.25) is 5.91 Å². The molecule has 9 heteroatoms. The Morgan fingerprint density at radius 3 is 1.28 bits per heavy atom. The molecule has 1 amide bonds. The summed E-state index contributed by atoms with van der Waals surface area (Å²) in [4.78, 5) is 13.0. The van der Waals surface area contributed by atoms with E-state index < -0.39 is 49.5 Å². The third-order valence-electron chi connectivity index (χ3n) is 13.2. The quantitative estimate of drug-likeness (QED) is 0.0261. The summed E-state index contributed by atoms with van der Waals surface area (Å²) in [6.07, 6.45) is 75.2. The van der Waals surface area contributed by atoms with Crippen molar-refractivity contribution in [2.75, 3.05) is 13.2 Å². The monoisotopic (exact) mass is 1040 g/mol. The van der Waals surface area contributed by atoms with E-state index in [1.807, 2.05) is 6.08 Å². The minimum Gasteiger partial charge on any atom is -0.394 e. The molecule has 7 atom stereocenters. The molecule has 1 heterocycles. The van der Waals surface area contributed by atoms with Gasteiger partial charge < -0.3 is 40.3 Å². The summed E-state index contributed by atoms with van der Waals surface area (Å²) >= 11 is 0. The van der Waals surface area contributed by atoms with Crippen LogP contribution in [0.5, 0.6) is 0 Å². The molecule has 6 N–H and O–H groups in total. The van der Waals surface area contributed by atoms with Gasteiger partial charge in [-0.1, -0.05) is 237 Å². The molecule has 0 aromatic rings. The van der Waals surface area contributed by atoms with Crippen molar-refractivity contribution in [1.29, 1.82) is 0 Å². The van der Waals surface area contributed by atoms with Gasteiger partial charge in [-0.3, -0.25) is 4.79 Å². The molecule has 0 aliphatic carbocycles. The fraction of sp³-hybridized carbons (Fsp3) is 0.652. The minimum absolute atomic E-state index is 0.199. The number of unbranched alkanes of at least 4 members (excludes halogenated alkanes) is 19. The second kappa shape index (κ2) is 53.7. The molecule has 0 aromatic heterocycles. The van der Waals surface area contributed by atoms with Crippen LogP contribution >= 0.6 is 0 Å². The lowest BCUT2D eigenvalue weighted by molar-refractivity contribution is -0.302. The first-order valence-corrected chi connectivity index (χ1v) is 29.9. The molecule has 426 valence electrons. The third-order valence-corrected chi connectivity index (χ3v) is 13.2. The highest BCUT2D eigenvalue weighted by atomic mass is 16.7. The molecule has 1 rings (SSSR count). The third kappa shape index (κ3) is 43.1. The number of carbonyl (C=O) groups excluding carboxylic acids is 1. The lowest BCUT2D eigenvalue weighted by Crippen LogP contribution is -2.60. The van der Waals surface area contributed by atoms with E-state index >= 15 is 0 Å². The van der Waals surface area contributed by atoms with Crippen molar-refractivity contribution in [2.45, 2.75) is 262 Å². The van der Waals surface area contributed by atoms with Crippen LogP contribution in [0, 0.1) is 0 Å². The average Bonchev–Trinajstić information content (AvgIpc) is 3.41. The zero-order valence-electron chi connectivity index (χ0n) is 47.2. The lowest BCUT2D eigenvalue weighted by Gasteiger charge is -2.40. The molecule has 75 heavy (non-hydrogen) atoms. The largest absolute Gasteiger partial charge is 0.394 e. The second-order valence-corrected chi connectivity index (χ2v) is 20.0. The molecular formula is C66H109NO8. The van der Waals surface area contributed by atoms with Crippen molar-refractivity contribution in [3.05, 3.63) is 134 Å². The number of carbonyl (C=O) groups is 1. The number of hydrogen-bond acceptors (Lipinski definition) is 8. The van der Waals surface area contributed by atoms with Gasteiger partial charge in [-0.15, -0.1) is 0 Å². The van der Waals surface area contributed by atoms with E-state index in [0.717, 1.165) is 109 Å². The molecule has 0 aromatic carbocycles. The van der Waals surface area contributed by atoms with E-state index in [0.29, 0.717) is 6.42 Å². The van der Waals surface area contributed by atoms with E-state index in [1.165, 1.54) is 89.9 Å². The summed E-state index contributed by atoms with van der Waals surface area (Å²) in [6, 6.07) is -0.837. The average molecular weight is 1040 g/mol. The Hall–Kier alpha value is -3.67. The highest BCUT2D eigenvalue weighted by Crippen LogP contribution is 2.23. The summed E-state index contributed by atoms with van der Waals surface area (Å²) in [5.41, 5.74) is 0. The number of rotatable bonds is 49. The number of aliphatic hydroxyl groups excluding tert-OH is 5. The smallest absolute Gasteiger partial charge is 0.220 e. The van der Waals surface area contributed by atoms with Crippen LogP contribution in [0.15, 0.2) is 134 Å². The zero-order chi connectivity index (χ0) is 54.3. The summed E-state index contributed by atoms with van der Waals surface area (Å²) in [5.74, 6) is -0.199. The summed E-state index contributed by atoms with van der Waals surface area (Å²) < 4.78 is 11.2. The van der Waals surface area contributed by atoms with Gasteiger partial charge >= 0.3 is 0 Å². The first-order chi connectivity index (χ1) is 36.8. The first-order valence-electron chi connectivity index (χ1n) is 29.9. The highest BCUT2D eigenvalue weighted by molar-refractivity contribution is 5.76. The Balaban J connectivity index is 2.17. The van der Waals surface area contributed by atoms with Gasteiger partial charge in [-0.25, -0.2) is 0 Å². The van der Waals surface area contributed by atoms with Crippen molar-refractivity contribution in [3.63, 3.8) is 0 Å². The van der Waals surface area contributed by atoms with Crippen LogP contribution < -0.4 is 5.32 Å². The van der Waals surface area contributed by atoms with Crippen molar-refractivity contribution in [3.8, 4) is 0 Å². The molecule has 0 radical (unpaired) electrons. The molecule has 1 saturated heterocycles. The second-order valence-electron chi connectivity index (χ2n) is 20.0. The maximum absolute atomic E-state index is 13.0. The van der Waals surface area contributed by atoms with Gasteiger partial charge in [0.25, 0.3) is 0 Å². The molecule has 0 bridgehead atoms. The Morgan fingerprint density at radius 2 is 0.840 bits per heavy atom. The SMILES string of the molecule is CC/C=C\C/C=C\C/C=C\C/C=C\C/C=C\C/C=C\C/C=C\C/C=C\CCCCCCCCCCCCCCC(=O)NC(COC1OC(CO)C(O)C(O)C1O)C(O)/C=C/CC/C=C/CC/C=C/CCCCCCC. The minimum atomic E-state index is -1.58. The molecule has 1 fully saturated rings. The van der Waals surface area contributed by atoms with Gasteiger partial charge in [-0.05, 0) is 109 Å². The number of aliphatic hydroxyl groups is 5. The van der Waals surface area contributed by atoms with Gasteiger partial charge in [-0.2, -0.15) is 0 Å². The molecular weight excluding hydrogens is 935 g/mol. The summed E-state index contributed by atoms with van der Waals surface area (Å²) in [5, 5.41) is 54.4. The topological polar surface area (TPSA) is 149 Å². The molecule has 1 aliphatic rings. The van der Waals surface area contributed by atoms with Crippen LogP contribution in [0.1, 0.15) is 219 Å². The predicted molar refractivity (Wildman–Crippen MR) is 317 cm³/mol. The van der Waals surface area contributed by atoms with Crippen LogP contribution in [0.25, 0.3) is 0 Å². The molecule has 1 aliphatic heterocycles. The van der Waals surface area contributed by atoms with Crippen LogP contribution in [-0.2, 0) is 14.3 Å². The van der Waals surface area contributed by atoms with Gasteiger partial charge in [0.15, 0.2) is 6.29 Å². The number of nitrogens with one attached hydrogen (secondary N) is 1. The highest BCUT2D eigenvalue weighted by Gasteiger charge is 2.44. The van der Waals surface area contributed by atoms with Crippen LogP contribution in [-0.4, -0.2) is 87.5 Å². The summed E-state index contributed by atoms with van der Waals surface area (Å²) in [7, 11) is 0. The fourth-order valence-corrected chi connectivity index (χ4v) is 8.50. The first kappa shape index (κ1) is 69.3. The maximum atomic E-state index is 13.0. The summed E-state index contributed by atoms with van der Waals surface area (Å²) in [6.45, 7) is 3.61. The van der Waals surface area contributed by atoms with E-state index in [1.54, 1.807) is 6.08 Å². The Morgan fingerprint density at radius 1 is 0.467 bits per heavy atom. The van der Waals surface area contributed by atoms with E-state index in [2.05, 4.69) is 141 Å². The number of hydrogen-bond donors (Lipinski definition) is 6. The van der Waals surface area contributed by atoms with Crippen molar-refractivity contribution >= 4 is 5.91 Å². The van der Waals surface area contributed by atoms with Gasteiger partial charge in [0, 0.05) is 6.42 Å². The molecule has 0 spiro atoms. The Kier molecular flexibility index (Phi) is 49.7. The zero-order valence-corrected chi connectivity index (χ0v) is 47.2. The van der Waals surface area contributed by atoms with Crippen molar-refractivity contribution in [2.24, 2.45) is 0 Å². The maximum Gasteiger partial charge on any atom is 0.220 e. The predicted octanol–water partition coefficient (Wildman–Crippen LogP) is 15.3. The van der Waals surface area contributed by atoms with E-state index in [9.17, 15) is 30.3 Å². The molecule has 0 saturated carbocycles. The fourth-order valence-electron chi connectivity index (χ4n) is 8.50. The molecule has 9 nitrogen and oxygen atoms in total. The number of amides is 1. The number of ether oxygens (including phenoxy) is 2. The van der Waals surface area contributed by atoms with Crippen molar-refractivity contribution < 1.29 is 39.8 Å². The molecule has 7 unspecified atom stereocenters. The van der Waals surface area contributed by atoms with Crippen LogP contribution in [0.2, 0.25) is 0 Å². The van der Waals surface area contributed by atoms with Gasteiger partial charge in [0.05, 0.1) is 25.4 Å². The lowest BCUT2D eigenvalue weighted by atomic mass is 9.99. The van der Waals surface area contributed by atoms with Crippen LogP contribution in [0.3, 0.4) is 0 Å². The Bertz CT molecular complexity index is 1640. The van der Waals surface area contributed by atoms with E-state index in [-0.39, 0.29) is 12.5 Å². The van der Waals surface area contributed by atoms with E-state index in [4.69, 9.17) is 9.47 Å².